The maximum absolute atomic E-state index is 11.0. The monoisotopic (exact) mass is 232 g/mol. The highest BCUT2D eigenvalue weighted by atomic mass is 79.9. The van der Waals surface area contributed by atoms with Crippen LogP contribution in [0.15, 0.2) is 9.85 Å². The summed E-state index contributed by atoms with van der Waals surface area (Å²) in [4.78, 5) is 11.8. The van der Waals surface area contributed by atoms with Crippen molar-refractivity contribution in [3.8, 4) is 0 Å². The highest BCUT2D eigenvalue weighted by Gasteiger charge is 2.10. The van der Waals surface area contributed by atoms with Gasteiger partial charge in [-0.25, -0.2) is 0 Å². The molecule has 1 aromatic heterocycles. The summed E-state index contributed by atoms with van der Waals surface area (Å²) in [5.74, 6) is 0.140. The summed E-state index contributed by atoms with van der Waals surface area (Å²) < 4.78 is 0.984. The lowest BCUT2D eigenvalue weighted by Gasteiger charge is -1.92. The van der Waals surface area contributed by atoms with Gasteiger partial charge in [-0.1, -0.05) is 6.92 Å². The van der Waals surface area contributed by atoms with Crippen LogP contribution in [0.3, 0.4) is 0 Å². The van der Waals surface area contributed by atoms with Gasteiger partial charge < -0.3 is 0 Å². The van der Waals surface area contributed by atoms with Gasteiger partial charge in [-0.05, 0) is 40.2 Å². The zero-order valence-corrected chi connectivity index (χ0v) is 8.88. The van der Waals surface area contributed by atoms with E-state index in [4.69, 9.17) is 0 Å². The Bertz CT molecular complexity index is 278. The van der Waals surface area contributed by atoms with Crippen molar-refractivity contribution in [2.75, 3.05) is 0 Å². The molecule has 11 heavy (non-hydrogen) atoms. The molecule has 0 saturated heterocycles. The van der Waals surface area contributed by atoms with Gasteiger partial charge in [-0.3, -0.25) is 4.79 Å². The second kappa shape index (κ2) is 3.50. The SMILES string of the molecule is CCc1csc(C(C)=O)c1Br. The van der Waals surface area contributed by atoms with Gasteiger partial charge in [0.25, 0.3) is 0 Å². The van der Waals surface area contributed by atoms with Crippen LogP contribution in [0.1, 0.15) is 29.1 Å². The molecule has 1 heterocycles. The molecule has 0 bridgehead atoms. The lowest BCUT2D eigenvalue weighted by atomic mass is 10.2. The van der Waals surface area contributed by atoms with E-state index in [1.165, 1.54) is 16.9 Å². The predicted octanol–water partition coefficient (Wildman–Crippen LogP) is 3.28. The summed E-state index contributed by atoms with van der Waals surface area (Å²) in [6.07, 6.45) is 0.977. The summed E-state index contributed by atoms with van der Waals surface area (Å²) in [7, 11) is 0. The molecule has 1 rings (SSSR count). The maximum Gasteiger partial charge on any atom is 0.170 e. The van der Waals surface area contributed by atoms with E-state index in [9.17, 15) is 4.79 Å². The van der Waals surface area contributed by atoms with Gasteiger partial charge in [-0.15, -0.1) is 11.3 Å². The third kappa shape index (κ3) is 1.71. The molecule has 0 aliphatic carbocycles. The van der Waals surface area contributed by atoms with E-state index >= 15 is 0 Å². The van der Waals surface area contributed by atoms with Crippen molar-refractivity contribution < 1.29 is 4.79 Å². The lowest BCUT2D eigenvalue weighted by Crippen LogP contribution is -1.88. The Balaban J connectivity index is 3.10. The molecular weight excluding hydrogens is 224 g/mol. The number of aryl methyl sites for hydroxylation is 1. The van der Waals surface area contributed by atoms with Gasteiger partial charge in [0.15, 0.2) is 5.78 Å². The molecule has 0 spiro atoms. The number of carbonyl (C=O) groups is 1. The standard InChI is InChI=1S/C8H9BrOS/c1-3-6-4-11-8(5(2)10)7(6)9/h4H,3H2,1-2H3. The van der Waals surface area contributed by atoms with E-state index in [0.717, 1.165) is 15.8 Å². The Morgan fingerprint density at radius 1 is 1.73 bits per heavy atom. The first-order valence-electron chi connectivity index (χ1n) is 3.43. The number of thiophene rings is 1. The van der Waals surface area contributed by atoms with Crippen LogP contribution in [0.25, 0.3) is 0 Å². The molecule has 1 aromatic rings. The van der Waals surface area contributed by atoms with Crippen LogP contribution in [0.5, 0.6) is 0 Å². The Morgan fingerprint density at radius 3 is 2.64 bits per heavy atom. The minimum atomic E-state index is 0.140. The minimum Gasteiger partial charge on any atom is -0.294 e. The van der Waals surface area contributed by atoms with Crippen molar-refractivity contribution in [1.82, 2.24) is 0 Å². The number of hydrogen-bond donors (Lipinski definition) is 0. The van der Waals surface area contributed by atoms with Crippen molar-refractivity contribution >= 4 is 33.0 Å². The van der Waals surface area contributed by atoms with Gasteiger partial charge in [0.05, 0.1) is 4.88 Å². The third-order valence-electron chi connectivity index (χ3n) is 1.50. The van der Waals surface area contributed by atoms with Crippen molar-refractivity contribution in [3.05, 3.63) is 20.3 Å². The molecule has 1 nitrogen and oxygen atoms in total. The number of carbonyl (C=O) groups excluding carboxylic acids is 1. The molecule has 0 saturated carbocycles. The highest BCUT2D eigenvalue weighted by molar-refractivity contribution is 9.10. The fourth-order valence-corrected chi connectivity index (χ4v) is 2.91. The van der Waals surface area contributed by atoms with Crippen LogP contribution in [0, 0.1) is 0 Å². The van der Waals surface area contributed by atoms with Crippen molar-refractivity contribution in [1.29, 1.82) is 0 Å². The molecule has 0 N–H and O–H groups in total. The Labute approximate surface area is 78.6 Å². The lowest BCUT2D eigenvalue weighted by molar-refractivity contribution is 0.102. The summed E-state index contributed by atoms with van der Waals surface area (Å²) >= 11 is 4.91. The fraction of sp³-hybridized carbons (Fsp3) is 0.375. The number of halogens is 1. The molecule has 60 valence electrons. The van der Waals surface area contributed by atoms with Gasteiger partial charge in [0.1, 0.15) is 0 Å². The van der Waals surface area contributed by atoms with Crippen molar-refractivity contribution in [3.63, 3.8) is 0 Å². The van der Waals surface area contributed by atoms with Crippen LogP contribution in [0.4, 0.5) is 0 Å². The summed E-state index contributed by atoms with van der Waals surface area (Å²) in [5, 5.41) is 2.03. The van der Waals surface area contributed by atoms with Crippen LogP contribution in [0.2, 0.25) is 0 Å². The zero-order valence-electron chi connectivity index (χ0n) is 6.48. The third-order valence-corrected chi connectivity index (χ3v) is 3.80. The average molecular weight is 233 g/mol. The second-order valence-corrected chi connectivity index (χ2v) is 3.99. The highest BCUT2D eigenvalue weighted by Crippen LogP contribution is 2.28. The van der Waals surface area contributed by atoms with E-state index in [0.29, 0.717) is 0 Å². The molecule has 0 atom stereocenters. The van der Waals surface area contributed by atoms with Gasteiger partial charge in [-0.2, -0.15) is 0 Å². The molecule has 0 fully saturated rings. The maximum atomic E-state index is 11.0. The first kappa shape index (κ1) is 8.94. The van der Waals surface area contributed by atoms with Crippen molar-refractivity contribution in [2.24, 2.45) is 0 Å². The molecule has 0 aromatic carbocycles. The second-order valence-electron chi connectivity index (χ2n) is 2.31. The average Bonchev–Trinajstić information content (AvgIpc) is 2.30. The number of rotatable bonds is 2. The quantitative estimate of drug-likeness (QED) is 0.716. The largest absolute Gasteiger partial charge is 0.294 e. The number of hydrogen-bond acceptors (Lipinski definition) is 2. The smallest absolute Gasteiger partial charge is 0.170 e. The summed E-state index contributed by atoms with van der Waals surface area (Å²) in [5.41, 5.74) is 1.22. The zero-order chi connectivity index (χ0) is 8.43. The van der Waals surface area contributed by atoms with E-state index in [-0.39, 0.29) is 5.78 Å². The van der Waals surface area contributed by atoms with Crippen LogP contribution in [-0.2, 0) is 6.42 Å². The molecule has 0 aliphatic heterocycles. The van der Waals surface area contributed by atoms with Crippen LogP contribution < -0.4 is 0 Å². The molecule has 0 unspecified atom stereocenters. The van der Waals surface area contributed by atoms with Crippen molar-refractivity contribution in [2.45, 2.75) is 20.3 Å². The Morgan fingerprint density at radius 2 is 2.36 bits per heavy atom. The van der Waals surface area contributed by atoms with Gasteiger partial charge in [0.2, 0.25) is 0 Å². The molecular formula is C8H9BrOS. The number of Topliss-reactive ketones (excluding diaryl/α,β-unsaturated/α-hetero) is 1. The Kier molecular flexibility index (Phi) is 2.84. The van der Waals surface area contributed by atoms with Gasteiger partial charge in [0, 0.05) is 4.47 Å². The first-order valence-corrected chi connectivity index (χ1v) is 5.10. The molecule has 3 heteroatoms. The van der Waals surface area contributed by atoms with E-state index in [1.54, 1.807) is 6.92 Å². The minimum absolute atomic E-state index is 0.140. The van der Waals surface area contributed by atoms with E-state index in [2.05, 4.69) is 22.9 Å². The summed E-state index contributed by atoms with van der Waals surface area (Å²) in [6, 6.07) is 0. The number of ketones is 1. The topological polar surface area (TPSA) is 17.1 Å². The van der Waals surface area contributed by atoms with Crippen LogP contribution in [-0.4, -0.2) is 5.78 Å². The Hall–Kier alpha value is -0.150. The molecule has 0 amide bonds. The van der Waals surface area contributed by atoms with Crippen LogP contribution >= 0.6 is 27.3 Å². The fourth-order valence-electron chi connectivity index (χ4n) is 0.855. The normalized spacial score (nSPS) is 10.1. The predicted molar refractivity (Wildman–Crippen MR) is 51.4 cm³/mol. The first-order chi connectivity index (χ1) is 5.16. The van der Waals surface area contributed by atoms with Gasteiger partial charge >= 0.3 is 0 Å². The van der Waals surface area contributed by atoms with E-state index in [1.807, 2.05) is 5.38 Å². The molecule has 0 radical (unpaired) electrons. The van der Waals surface area contributed by atoms with E-state index < -0.39 is 0 Å². The molecule has 0 aliphatic rings. The summed E-state index contributed by atoms with van der Waals surface area (Å²) in [6.45, 7) is 3.67.